The van der Waals surface area contributed by atoms with Crippen LogP contribution >= 0.6 is 0 Å². The highest BCUT2D eigenvalue weighted by Gasteiger charge is 2.19. The summed E-state index contributed by atoms with van der Waals surface area (Å²) >= 11 is 0. The number of rotatable bonds is 5. The second-order valence-corrected chi connectivity index (χ2v) is 5.00. The summed E-state index contributed by atoms with van der Waals surface area (Å²) in [5.74, 6) is 0. The summed E-state index contributed by atoms with van der Waals surface area (Å²) in [5.41, 5.74) is 4.35. The van der Waals surface area contributed by atoms with Crippen LogP contribution in [0.4, 0.5) is 5.69 Å². The van der Waals surface area contributed by atoms with Crippen LogP contribution in [0.3, 0.4) is 0 Å². The molecule has 2 N–H and O–H groups in total. The van der Waals surface area contributed by atoms with Gasteiger partial charge in [0.1, 0.15) is 0 Å². The first-order chi connectivity index (χ1) is 7.92. The molecule has 1 fully saturated rings. The Morgan fingerprint density at radius 2 is 2.25 bits per heavy atom. The predicted molar refractivity (Wildman–Crippen MR) is 68.0 cm³/mol. The van der Waals surface area contributed by atoms with Gasteiger partial charge in [-0.05, 0) is 55.8 Å². The van der Waals surface area contributed by atoms with Crippen molar-refractivity contribution in [1.82, 2.24) is 5.32 Å². The molecule has 0 saturated heterocycles. The fraction of sp³-hybridized carbons (Fsp3) is 0.571. The molecule has 3 rings (SSSR count). The van der Waals surface area contributed by atoms with Crippen molar-refractivity contribution in [2.45, 2.75) is 38.1 Å². The number of anilines is 1. The Morgan fingerprint density at radius 3 is 3.12 bits per heavy atom. The zero-order chi connectivity index (χ0) is 10.8. The van der Waals surface area contributed by atoms with Gasteiger partial charge in [-0.3, -0.25) is 0 Å². The summed E-state index contributed by atoms with van der Waals surface area (Å²) in [6.07, 6.45) is 6.47. The van der Waals surface area contributed by atoms with Crippen LogP contribution in [0.25, 0.3) is 0 Å². The van der Waals surface area contributed by atoms with Gasteiger partial charge in [0.15, 0.2) is 0 Å². The number of hydrogen-bond donors (Lipinski definition) is 2. The van der Waals surface area contributed by atoms with Gasteiger partial charge in [0, 0.05) is 18.3 Å². The van der Waals surface area contributed by atoms with Gasteiger partial charge in [-0.2, -0.15) is 0 Å². The Kier molecular flexibility index (Phi) is 2.83. The van der Waals surface area contributed by atoms with Crippen LogP contribution in [0.1, 0.15) is 30.4 Å². The van der Waals surface area contributed by atoms with E-state index in [1.807, 2.05) is 0 Å². The molecule has 1 heterocycles. The van der Waals surface area contributed by atoms with Gasteiger partial charge in [-0.25, -0.2) is 0 Å². The molecular weight excluding hydrogens is 196 g/mol. The molecule has 1 saturated carbocycles. The molecule has 0 amide bonds. The van der Waals surface area contributed by atoms with Crippen molar-refractivity contribution in [3.63, 3.8) is 0 Å². The lowest BCUT2D eigenvalue weighted by molar-refractivity contribution is 0.645. The lowest BCUT2D eigenvalue weighted by Gasteiger charge is -2.05. The molecule has 0 unspecified atom stereocenters. The third kappa shape index (κ3) is 2.38. The van der Waals surface area contributed by atoms with Crippen molar-refractivity contribution in [1.29, 1.82) is 0 Å². The Labute approximate surface area is 97.4 Å². The minimum Gasteiger partial charge on any atom is -0.384 e. The molecule has 0 atom stereocenters. The molecule has 1 aliphatic carbocycles. The Bertz CT molecular complexity index is 369. The number of hydrogen-bond acceptors (Lipinski definition) is 2. The fourth-order valence-corrected chi connectivity index (χ4v) is 2.40. The van der Waals surface area contributed by atoms with Crippen molar-refractivity contribution < 1.29 is 0 Å². The summed E-state index contributed by atoms with van der Waals surface area (Å²) in [7, 11) is 0. The molecule has 0 bridgehead atoms. The number of benzene rings is 1. The van der Waals surface area contributed by atoms with Crippen LogP contribution in [-0.2, 0) is 12.8 Å². The molecule has 1 aliphatic heterocycles. The topological polar surface area (TPSA) is 24.1 Å². The molecule has 0 radical (unpaired) electrons. The van der Waals surface area contributed by atoms with Gasteiger partial charge < -0.3 is 10.6 Å². The van der Waals surface area contributed by atoms with Gasteiger partial charge in [-0.1, -0.05) is 12.1 Å². The maximum atomic E-state index is 3.57. The predicted octanol–water partition coefficient (Wildman–Crippen LogP) is 2.34. The van der Waals surface area contributed by atoms with Crippen LogP contribution in [0.5, 0.6) is 0 Å². The monoisotopic (exact) mass is 216 g/mol. The summed E-state index contributed by atoms with van der Waals surface area (Å²) in [6.45, 7) is 2.29. The van der Waals surface area contributed by atoms with E-state index < -0.39 is 0 Å². The van der Waals surface area contributed by atoms with Gasteiger partial charge >= 0.3 is 0 Å². The van der Waals surface area contributed by atoms with E-state index in [1.165, 1.54) is 55.5 Å². The Balaban J connectivity index is 1.49. The first-order valence-electron chi connectivity index (χ1n) is 6.51. The quantitative estimate of drug-likeness (QED) is 0.738. The van der Waals surface area contributed by atoms with Gasteiger partial charge in [0.2, 0.25) is 0 Å². The summed E-state index contributed by atoms with van der Waals surface area (Å²) in [4.78, 5) is 0. The van der Waals surface area contributed by atoms with Crippen LogP contribution in [0, 0.1) is 0 Å². The molecule has 2 aliphatic rings. The largest absolute Gasteiger partial charge is 0.384 e. The minimum atomic E-state index is 0.851. The summed E-state index contributed by atoms with van der Waals surface area (Å²) in [5, 5.41) is 6.97. The third-order valence-corrected chi connectivity index (χ3v) is 3.53. The zero-order valence-electron chi connectivity index (χ0n) is 9.76. The van der Waals surface area contributed by atoms with Crippen molar-refractivity contribution in [2.24, 2.45) is 0 Å². The third-order valence-electron chi connectivity index (χ3n) is 3.53. The summed E-state index contributed by atoms with van der Waals surface area (Å²) in [6, 6.07) is 7.75. The van der Waals surface area contributed by atoms with Crippen molar-refractivity contribution in [2.75, 3.05) is 18.4 Å². The van der Waals surface area contributed by atoms with Crippen LogP contribution < -0.4 is 10.6 Å². The van der Waals surface area contributed by atoms with Crippen LogP contribution in [0.15, 0.2) is 18.2 Å². The number of aryl methyl sites for hydroxylation is 1. The maximum absolute atomic E-state index is 3.57. The molecule has 2 nitrogen and oxygen atoms in total. The highest BCUT2D eigenvalue weighted by Crippen LogP contribution is 2.23. The summed E-state index contributed by atoms with van der Waals surface area (Å²) < 4.78 is 0. The lowest BCUT2D eigenvalue weighted by Crippen LogP contribution is -2.17. The maximum Gasteiger partial charge on any atom is 0.0373 e. The van der Waals surface area contributed by atoms with Crippen molar-refractivity contribution >= 4 is 5.69 Å². The molecule has 0 aromatic heterocycles. The highest BCUT2D eigenvalue weighted by atomic mass is 14.9. The van der Waals surface area contributed by atoms with E-state index in [1.54, 1.807) is 0 Å². The molecule has 2 heteroatoms. The normalized spacial score (nSPS) is 18.2. The fourth-order valence-electron chi connectivity index (χ4n) is 2.40. The zero-order valence-corrected chi connectivity index (χ0v) is 9.76. The number of fused-ring (bicyclic) bond motifs is 1. The second kappa shape index (κ2) is 4.46. The van der Waals surface area contributed by atoms with Crippen molar-refractivity contribution in [3.05, 3.63) is 29.3 Å². The van der Waals surface area contributed by atoms with E-state index in [9.17, 15) is 0 Å². The molecular formula is C14H20N2. The van der Waals surface area contributed by atoms with Crippen LogP contribution in [0.2, 0.25) is 0 Å². The molecule has 1 aromatic rings. The van der Waals surface area contributed by atoms with E-state index in [-0.39, 0.29) is 0 Å². The highest BCUT2D eigenvalue weighted by molar-refractivity contribution is 5.56. The average Bonchev–Trinajstić information content (AvgIpc) is 3.01. The van der Waals surface area contributed by atoms with E-state index >= 15 is 0 Å². The second-order valence-electron chi connectivity index (χ2n) is 5.00. The molecule has 1 aromatic carbocycles. The Hall–Kier alpha value is -1.02. The van der Waals surface area contributed by atoms with Gasteiger partial charge in [-0.15, -0.1) is 0 Å². The van der Waals surface area contributed by atoms with E-state index in [0.717, 1.165) is 12.6 Å². The van der Waals surface area contributed by atoms with Gasteiger partial charge in [0.25, 0.3) is 0 Å². The van der Waals surface area contributed by atoms with E-state index in [0.29, 0.717) is 0 Å². The van der Waals surface area contributed by atoms with E-state index in [2.05, 4.69) is 28.8 Å². The average molecular weight is 216 g/mol. The lowest BCUT2D eigenvalue weighted by atomic mass is 10.0. The van der Waals surface area contributed by atoms with Gasteiger partial charge in [0.05, 0.1) is 0 Å². The van der Waals surface area contributed by atoms with E-state index in [4.69, 9.17) is 0 Å². The van der Waals surface area contributed by atoms with Crippen LogP contribution in [-0.4, -0.2) is 19.1 Å². The molecule has 0 spiro atoms. The standard InChI is InChI=1S/C14H20N2/c1(8-15-13-4-5-13)2-11-3-6-14-12(10-11)7-9-16-14/h3,6,10,13,15-16H,1-2,4-5,7-9H2. The number of nitrogens with one attached hydrogen (secondary N) is 2. The molecule has 16 heavy (non-hydrogen) atoms. The first kappa shape index (κ1) is 10.2. The van der Waals surface area contributed by atoms with Crippen molar-refractivity contribution in [3.8, 4) is 0 Å². The first-order valence-corrected chi connectivity index (χ1v) is 6.51. The smallest absolute Gasteiger partial charge is 0.0373 e. The Morgan fingerprint density at radius 1 is 1.31 bits per heavy atom. The minimum absolute atomic E-state index is 0.851. The SMILES string of the molecule is c1cc2c(cc1CCCNC1CC1)CCN2. The molecule has 86 valence electrons.